The molecule has 0 bridgehead atoms. The van der Waals surface area contributed by atoms with E-state index in [9.17, 15) is 14.3 Å². The van der Waals surface area contributed by atoms with Crippen LogP contribution in [-0.2, 0) is 5.67 Å². The van der Waals surface area contributed by atoms with Gasteiger partial charge in [-0.15, -0.1) is 11.3 Å². The van der Waals surface area contributed by atoms with Crippen LogP contribution >= 0.6 is 11.3 Å². The Kier molecular flexibility index (Phi) is 6.58. The van der Waals surface area contributed by atoms with Crippen molar-refractivity contribution in [2.45, 2.75) is 59.2 Å². The van der Waals surface area contributed by atoms with Gasteiger partial charge >= 0.3 is 0 Å². The zero-order valence-corrected chi connectivity index (χ0v) is 16.8. The van der Waals surface area contributed by atoms with Crippen molar-refractivity contribution >= 4 is 17.2 Å². The minimum Gasteiger partial charge on any atom is -0.391 e. The molecule has 5 nitrogen and oxygen atoms in total. The number of nitrogens with zero attached hydrogens (tertiary/aromatic N) is 2. The molecule has 0 aromatic carbocycles. The summed E-state index contributed by atoms with van der Waals surface area (Å²) in [5.74, 6) is 0.120. The summed E-state index contributed by atoms with van der Waals surface area (Å²) < 4.78 is 19.3. The van der Waals surface area contributed by atoms with Crippen LogP contribution in [0.3, 0.4) is 0 Å². The SMILES string of the molecule is CC.Cc1c(-c2ccc(C(=O)N3CCC[C@H](O)C3)s2)noc1C(C)(C)F. The Morgan fingerprint density at radius 2 is 2.12 bits per heavy atom. The molecule has 144 valence electrons. The number of alkyl halides is 1. The van der Waals surface area contributed by atoms with Gasteiger partial charge in [-0.1, -0.05) is 19.0 Å². The molecule has 2 aromatic heterocycles. The molecule has 1 aliphatic rings. The van der Waals surface area contributed by atoms with Crippen LogP contribution in [-0.4, -0.2) is 40.3 Å². The van der Waals surface area contributed by atoms with Crippen molar-refractivity contribution in [2.24, 2.45) is 0 Å². The number of aliphatic hydroxyl groups excluding tert-OH is 1. The highest BCUT2D eigenvalue weighted by Crippen LogP contribution is 2.36. The number of halogens is 1. The Bertz CT molecular complexity index is 748. The first-order valence-corrected chi connectivity index (χ1v) is 9.82. The van der Waals surface area contributed by atoms with Crippen LogP contribution in [0.2, 0.25) is 0 Å². The van der Waals surface area contributed by atoms with Gasteiger partial charge in [-0.05, 0) is 45.7 Å². The maximum atomic E-state index is 14.1. The van der Waals surface area contributed by atoms with Gasteiger partial charge in [0.15, 0.2) is 11.4 Å². The molecule has 0 unspecified atom stereocenters. The molecule has 3 rings (SSSR count). The molecular weight excluding hydrogens is 355 g/mol. The van der Waals surface area contributed by atoms with Crippen LogP contribution in [0.5, 0.6) is 0 Å². The third-order valence-corrected chi connectivity index (χ3v) is 5.28. The summed E-state index contributed by atoms with van der Waals surface area (Å²) in [6.45, 7) is 9.65. The van der Waals surface area contributed by atoms with Gasteiger partial charge in [0.25, 0.3) is 5.91 Å². The van der Waals surface area contributed by atoms with E-state index in [4.69, 9.17) is 4.52 Å². The minimum atomic E-state index is -1.60. The Morgan fingerprint density at radius 1 is 1.42 bits per heavy atom. The van der Waals surface area contributed by atoms with Gasteiger partial charge in [-0.2, -0.15) is 0 Å². The van der Waals surface area contributed by atoms with Crippen LogP contribution in [0, 0.1) is 6.92 Å². The van der Waals surface area contributed by atoms with E-state index in [1.54, 1.807) is 24.0 Å². The number of carbonyl (C=O) groups is 1. The van der Waals surface area contributed by atoms with Crippen LogP contribution in [0.15, 0.2) is 16.7 Å². The number of aromatic nitrogens is 1. The smallest absolute Gasteiger partial charge is 0.264 e. The molecule has 0 aliphatic carbocycles. The van der Waals surface area contributed by atoms with Gasteiger partial charge in [0, 0.05) is 18.7 Å². The monoisotopic (exact) mass is 382 g/mol. The number of piperidine rings is 1. The quantitative estimate of drug-likeness (QED) is 0.846. The number of carbonyl (C=O) groups excluding carboxylic acids is 1. The van der Waals surface area contributed by atoms with E-state index < -0.39 is 11.8 Å². The molecule has 2 aromatic rings. The Labute approximate surface area is 157 Å². The molecule has 1 N–H and O–H groups in total. The lowest BCUT2D eigenvalue weighted by Crippen LogP contribution is -2.41. The highest BCUT2D eigenvalue weighted by Gasteiger charge is 2.30. The molecule has 26 heavy (non-hydrogen) atoms. The number of thiophene rings is 1. The van der Waals surface area contributed by atoms with Crippen molar-refractivity contribution in [1.29, 1.82) is 0 Å². The second-order valence-corrected chi connectivity index (χ2v) is 7.75. The lowest BCUT2D eigenvalue weighted by molar-refractivity contribution is 0.0478. The summed E-state index contributed by atoms with van der Waals surface area (Å²) in [6.07, 6.45) is 1.09. The number of hydrogen-bond acceptors (Lipinski definition) is 5. The van der Waals surface area contributed by atoms with Crippen LogP contribution in [0.25, 0.3) is 10.6 Å². The molecular formula is C19H27FN2O3S. The Morgan fingerprint density at radius 3 is 2.69 bits per heavy atom. The van der Waals surface area contributed by atoms with Gasteiger partial charge in [-0.3, -0.25) is 4.79 Å². The molecule has 0 saturated carbocycles. The second-order valence-electron chi connectivity index (χ2n) is 6.67. The Hall–Kier alpha value is -1.73. The maximum absolute atomic E-state index is 14.1. The average molecular weight is 383 g/mol. The summed E-state index contributed by atoms with van der Waals surface area (Å²) in [6, 6.07) is 3.55. The van der Waals surface area contributed by atoms with Gasteiger partial charge in [0.1, 0.15) is 5.69 Å². The first-order chi connectivity index (χ1) is 12.3. The fourth-order valence-corrected chi connectivity index (χ4v) is 4.01. The summed E-state index contributed by atoms with van der Waals surface area (Å²) in [5.41, 5.74) is -0.384. The molecule has 0 radical (unpaired) electrons. The Balaban J connectivity index is 0.00000117. The molecule has 3 heterocycles. The number of hydrogen-bond donors (Lipinski definition) is 1. The zero-order valence-electron chi connectivity index (χ0n) is 16.0. The minimum absolute atomic E-state index is 0.0859. The topological polar surface area (TPSA) is 66.6 Å². The van der Waals surface area contributed by atoms with Gasteiger partial charge < -0.3 is 14.5 Å². The molecule has 0 spiro atoms. The lowest BCUT2D eigenvalue weighted by atomic mass is 10.0. The first kappa shape index (κ1) is 20.6. The number of aliphatic hydroxyl groups is 1. The number of β-amino-alcohol motifs (C(OH)–C–C–N with tert-alkyl or cyclic N) is 1. The fourth-order valence-electron chi connectivity index (χ4n) is 3.00. The molecule has 7 heteroatoms. The maximum Gasteiger partial charge on any atom is 0.264 e. The van der Waals surface area contributed by atoms with Crippen LogP contribution in [0.1, 0.15) is 61.5 Å². The van der Waals surface area contributed by atoms with E-state index in [1.165, 1.54) is 25.2 Å². The van der Waals surface area contributed by atoms with Gasteiger partial charge in [0.2, 0.25) is 0 Å². The predicted molar refractivity (Wildman–Crippen MR) is 101 cm³/mol. The summed E-state index contributed by atoms with van der Waals surface area (Å²) in [5, 5.41) is 13.7. The highest BCUT2D eigenvalue weighted by atomic mass is 32.1. The van der Waals surface area contributed by atoms with E-state index in [1.807, 2.05) is 13.8 Å². The van der Waals surface area contributed by atoms with Crippen molar-refractivity contribution in [3.63, 3.8) is 0 Å². The largest absolute Gasteiger partial charge is 0.391 e. The second kappa shape index (κ2) is 8.31. The third-order valence-electron chi connectivity index (χ3n) is 4.20. The van der Waals surface area contributed by atoms with E-state index in [0.717, 1.165) is 17.7 Å². The van der Waals surface area contributed by atoms with Crippen molar-refractivity contribution in [3.05, 3.63) is 28.3 Å². The predicted octanol–water partition coefficient (Wildman–Crippen LogP) is 4.54. The molecule has 1 saturated heterocycles. The van der Waals surface area contributed by atoms with E-state index in [0.29, 0.717) is 29.2 Å². The van der Waals surface area contributed by atoms with Crippen molar-refractivity contribution < 1.29 is 18.8 Å². The average Bonchev–Trinajstić information content (AvgIpc) is 3.22. The molecule has 1 aliphatic heterocycles. The van der Waals surface area contributed by atoms with Crippen LogP contribution in [0.4, 0.5) is 4.39 Å². The van der Waals surface area contributed by atoms with Crippen molar-refractivity contribution in [2.75, 3.05) is 13.1 Å². The van der Waals surface area contributed by atoms with Crippen molar-refractivity contribution in [1.82, 2.24) is 10.1 Å². The number of amides is 1. The molecule has 1 atom stereocenters. The van der Waals surface area contributed by atoms with Crippen molar-refractivity contribution in [3.8, 4) is 10.6 Å². The summed E-state index contributed by atoms with van der Waals surface area (Å²) in [4.78, 5) is 15.6. The normalized spacial score (nSPS) is 17.7. The number of rotatable bonds is 3. The van der Waals surface area contributed by atoms with Gasteiger partial charge in [-0.25, -0.2) is 4.39 Å². The molecule has 1 amide bonds. The standard InChI is InChI=1S/C17H21FN2O3S.C2H6/c1-10-14(19-23-15(10)17(2,3)18)12-6-7-13(24-12)16(22)20-8-4-5-11(21)9-20;1-2/h6-7,11,21H,4-5,8-9H2,1-3H3;1-2H3/t11-;/m0./s1. The van der Waals surface area contributed by atoms with E-state index in [-0.39, 0.29) is 11.7 Å². The summed E-state index contributed by atoms with van der Waals surface area (Å²) in [7, 11) is 0. The third kappa shape index (κ3) is 4.32. The highest BCUT2D eigenvalue weighted by molar-refractivity contribution is 7.17. The first-order valence-electron chi connectivity index (χ1n) is 9.00. The lowest BCUT2D eigenvalue weighted by Gasteiger charge is -2.29. The van der Waals surface area contributed by atoms with E-state index in [2.05, 4.69) is 5.16 Å². The molecule has 1 fully saturated rings. The van der Waals surface area contributed by atoms with E-state index >= 15 is 0 Å². The number of likely N-dealkylation sites (tertiary alicyclic amines) is 1. The fraction of sp³-hybridized carbons (Fsp3) is 0.579. The van der Waals surface area contributed by atoms with Crippen LogP contribution < -0.4 is 0 Å². The zero-order chi connectivity index (χ0) is 19.5. The van der Waals surface area contributed by atoms with Gasteiger partial charge in [0.05, 0.1) is 15.9 Å². The summed E-state index contributed by atoms with van der Waals surface area (Å²) >= 11 is 1.31.